The van der Waals surface area contributed by atoms with Crippen molar-refractivity contribution in [2.75, 3.05) is 20.2 Å². The molecule has 1 saturated heterocycles. The second-order valence-corrected chi connectivity index (χ2v) is 6.58. The Labute approximate surface area is 152 Å². The zero-order chi connectivity index (χ0) is 17.9. The van der Waals surface area contributed by atoms with Gasteiger partial charge in [0.2, 0.25) is 0 Å². The number of rotatable bonds is 4. The van der Waals surface area contributed by atoms with Crippen LogP contribution in [0.4, 0.5) is 0 Å². The average Bonchev–Trinajstić information content (AvgIpc) is 3.39. The molecule has 0 atom stereocenters. The molecule has 1 amide bonds. The molecule has 6 heteroatoms. The molecule has 1 aliphatic rings. The number of carbonyl (C=O) groups excluding carboxylic acids is 1. The number of hydrogen-bond donors (Lipinski definition) is 2. The first-order chi connectivity index (χ1) is 12.8. The number of aromatic amines is 2. The van der Waals surface area contributed by atoms with Crippen LogP contribution in [0.3, 0.4) is 0 Å². The number of ether oxygens (including phenoxy) is 1. The molecule has 1 aliphatic heterocycles. The molecule has 0 aliphatic carbocycles. The lowest BCUT2D eigenvalue weighted by atomic mass is 9.89. The quantitative estimate of drug-likeness (QED) is 0.757. The number of carbonyl (C=O) groups is 1. The van der Waals surface area contributed by atoms with Crippen molar-refractivity contribution in [3.8, 4) is 16.9 Å². The molecule has 3 aromatic rings. The largest absolute Gasteiger partial charge is 0.497 e. The van der Waals surface area contributed by atoms with E-state index in [4.69, 9.17) is 4.74 Å². The Morgan fingerprint density at radius 2 is 2.08 bits per heavy atom. The fourth-order valence-corrected chi connectivity index (χ4v) is 3.63. The molecule has 134 valence electrons. The molecule has 2 aromatic heterocycles. The van der Waals surface area contributed by atoms with Crippen LogP contribution in [0.1, 0.15) is 34.9 Å². The summed E-state index contributed by atoms with van der Waals surface area (Å²) in [5.74, 6) is 1.28. The van der Waals surface area contributed by atoms with Gasteiger partial charge in [0, 0.05) is 36.5 Å². The third-order valence-corrected chi connectivity index (χ3v) is 5.07. The maximum atomic E-state index is 12.5. The van der Waals surface area contributed by atoms with Gasteiger partial charge in [-0.2, -0.15) is 5.10 Å². The first kappa shape index (κ1) is 16.4. The second-order valence-electron chi connectivity index (χ2n) is 6.58. The van der Waals surface area contributed by atoms with Crippen molar-refractivity contribution in [3.63, 3.8) is 0 Å². The van der Waals surface area contributed by atoms with Crippen LogP contribution in [0, 0.1) is 0 Å². The van der Waals surface area contributed by atoms with Crippen molar-refractivity contribution in [1.82, 2.24) is 20.1 Å². The molecule has 1 fully saturated rings. The summed E-state index contributed by atoms with van der Waals surface area (Å²) >= 11 is 0. The van der Waals surface area contributed by atoms with Crippen LogP contribution in [0.25, 0.3) is 11.1 Å². The standard InChI is InChI=1S/C20H22N4O2/c1-26-16-5-2-4-15(12-16)17-13-22-23-19(17)14-7-10-24(11-8-14)20(25)18-6-3-9-21-18/h2-6,9,12-14,21H,7-8,10-11H2,1H3,(H,22,23). The first-order valence-electron chi connectivity index (χ1n) is 8.86. The van der Waals surface area contributed by atoms with E-state index in [1.165, 1.54) is 0 Å². The minimum atomic E-state index is 0.0751. The minimum Gasteiger partial charge on any atom is -0.497 e. The molecule has 4 rings (SSSR count). The van der Waals surface area contributed by atoms with Crippen molar-refractivity contribution in [1.29, 1.82) is 0 Å². The molecule has 0 saturated carbocycles. The maximum absolute atomic E-state index is 12.5. The highest BCUT2D eigenvalue weighted by atomic mass is 16.5. The van der Waals surface area contributed by atoms with Gasteiger partial charge in [0.25, 0.3) is 5.91 Å². The highest BCUT2D eigenvalue weighted by Crippen LogP contribution is 2.35. The Bertz CT molecular complexity index is 877. The number of likely N-dealkylation sites (tertiary alicyclic amines) is 1. The van der Waals surface area contributed by atoms with Gasteiger partial charge in [-0.1, -0.05) is 12.1 Å². The van der Waals surface area contributed by atoms with Gasteiger partial charge >= 0.3 is 0 Å². The summed E-state index contributed by atoms with van der Waals surface area (Å²) in [4.78, 5) is 17.4. The van der Waals surface area contributed by atoms with Crippen molar-refractivity contribution >= 4 is 5.91 Å². The number of piperidine rings is 1. The second kappa shape index (κ2) is 7.07. The van der Waals surface area contributed by atoms with Crippen LogP contribution in [0.15, 0.2) is 48.8 Å². The van der Waals surface area contributed by atoms with E-state index < -0.39 is 0 Å². The van der Waals surface area contributed by atoms with E-state index in [1.807, 2.05) is 41.4 Å². The highest BCUT2D eigenvalue weighted by Gasteiger charge is 2.27. The summed E-state index contributed by atoms with van der Waals surface area (Å²) in [6, 6.07) is 11.7. The van der Waals surface area contributed by atoms with Crippen LogP contribution in [-0.4, -0.2) is 46.2 Å². The van der Waals surface area contributed by atoms with Gasteiger partial charge in [0.1, 0.15) is 11.4 Å². The summed E-state index contributed by atoms with van der Waals surface area (Å²) in [5, 5.41) is 7.46. The van der Waals surface area contributed by atoms with Crippen LogP contribution in [0.2, 0.25) is 0 Å². The molecule has 1 aromatic carbocycles. The Kier molecular flexibility index (Phi) is 4.48. The lowest BCUT2D eigenvalue weighted by Gasteiger charge is -2.31. The molecule has 2 N–H and O–H groups in total. The Hall–Kier alpha value is -3.02. The third kappa shape index (κ3) is 3.10. The molecule has 3 heterocycles. The number of nitrogens with one attached hydrogen (secondary N) is 2. The van der Waals surface area contributed by atoms with Gasteiger partial charge in [-0.3, -0.25) is 9.89 Å². The number of benzene rings is 1. The first-order valence-corrected chi connectivity index (χ1v) is 8.86. The summed E-state index contributed by atoms with van der Waals surface area (Å²) in [5.41, 5.74) is 4.00. The normalized spacial score (nSPS) is 15.2. The molecule has 26 heavy (non-hydrogen) atoms. The fraction of sp³-hybridized carbons (Fsp3) is 0.300. The number of hydrogen-bond acceptors (Lipinski definition) is 3. The van der Waals surface area contributed by atoms with Crippen molar-refractivity contribution in [3.05, 3.63) is 60.2 Å². The summed E-state index contributed by atoms with van der Waals surface area (Å²) in [7, 11) is 1.67. The van der Waals surface area contributed by atoms with E-state index in [9.17, 15) is 4.79 Å². The van der Waals surface area contributed by atoms with Gasteiger partial charge in [-0.05, 0) is 42.7 Å². The third-order valence-electron chi connectivity index (χ3n) is 5.07. The van der Waals surface area contributed by atoms with E-state index in [0.29, 0.717) is 11.6 Å². The fourth-order valence-electron chi connectivity index (χ4n) is 3.63. The molecule has 0 bridgehead atoms. The van der Waals surface area contributed by atoms with Gasteiger partial charge in [-0.25, -0.2) is 0 Å². The van der Waals surface area contributed by atoms with Gasteiger partial charge < -0.3 is 14.6 Å². The predicted octanol–water partition coefficient (Wildman–Crippen LogP) is 3.43. The zero-order valence-corrected chi connectivity index (χ0v) is 14.7. The molecular weight excluding hydrogens is 328 g/mol. The smallest absolute Gasteiger partial charge is 0.270 e. The van der Waals surface area contributed by atoms with Crippen LogP contribution in [0.5, 0.6) is 5.75 Å². The van der Waals surface area contributed by atoms with Gasteiger partial charge in [-0.15, -0.1) is 0 Å². The minimum absolute atomic E-state index is 0.0751. The van der Waals surface area contributed by atoms with Crippen LogP contribution >= 0.6 is 0 Å². The Morgan fingerprint density at radius 1 is 1.23 bits per heavy atom. The monoisotopic (exact) mass is 350 g/mol. The van der Waals surface area contributed by atoms with Crippen LogP contribution in [-0.2, 0) is 0 Å². The van der Waals surface area contributed by atoms with E-state index in [2.05, 4.69) is 21.2 Å². The number of nitrogens with zero attached hydrogens (tertiary/aromatic N) is 2. The van der Waals surface area contributed by atoms with Gasteiger partial charge in [0.05, 0.1) is 13.3 Å². The number of methoxy groups -OCH3 is 1. The zero-order valence-electron chi connectivity index (χ0n) is 14.7. The molecule has 0 unspecified atom stereocenters. The Morgan fingerprint density at radius 3 is 2.81 bits per heavy atom. The Balaban J connectivity index is 1.49. The average molecular weight is 350 g/mol. The van der Waals surface area contributed by atoms with E-state index in [1.54, 1.807) is 13.3 Å². The summed E-state index contributed by atoms with van der Waals surface area (Å²) in [6.45, 7) is 1.50. The van der Waals surface area contributed by atoms with E-state index in [-0.39, 0.29) is 5.91 Å². The molecule has 0 radical (unpaired) electrons. The maximum Gasteiger partial charge on any atom is 0.270 e. The topological polar surface area (TPSA) is 74.0 Å². The predicted molar refractivity (Wildman–Crippen MR) is 99.2 cm³/mol. The van der Waals surface area contributed by atoms with E-state index >= 15 is 0 Å². The van der Waals surface area contributed by atoms with Gasteiger partial charge in [0.15, 0.2) is 0 Å². The number of aromatic nitrogens is 3. The highest BCUT2D eigenvalue weighted by molar-refractivity contribution is 5.92. The van der Waals surface area contributed by atoms with Crippen LogP contribution < -0.4 is 4.74 Å². The molecular formula is C20H22N4O2. The lowest BCUT2D eigenvalue weighted by molar-refractivity contribution is 0.0707. The summed E-state index contributed by atoms with van der Waals surface area (Å²) < 4.78 is 5.34. The molecule has 6 nitrogen and oxygen atoms in total. The summed E-state index contributed by atoms with van der Waals surface area (Å²) in [6.07, 6.45) is 5.50. The van der Waals surface area contributed by atoms with E-state index in [0.717, 1.165) is 48.5 Å². The number of H-pyrrole nitrogens is 2. The SMILES string of the molecule is COc1cccc(-c2cn[nH]c2C2CCN(C(=O)c3ccc[nH]3)CC2)c1. The lowest BCUT2D eigenvalue weighted by Crippen LogP contribution is -2.38. The number of amides is 1. The van der Waals surface area contributed by atoms with Crippen molar-refractivity contribution in [2.24, 2.45) is 0 Å². The van der Waals surface area contributed by atoms with Crippen molar-refractivity contribution < 1.29 is 9.53 Å². The molecule has 0 spiro atoms. The van der Waals surface area contributed by atoms with Crippen molar-refractivity contribution in [2.45, 2.75) is 18.8 Å².